The van der Waals surface area contributed by atoms with E-state index in [1.807, 2.05) is 0 Å². The molecule has 25 heavy (non-hydrogen) atoms. The van der Waals surface area contributed by atoms with Crippen molar-refractivity contribution in [3.05, 3.63) is 58.1 Å². The first kappa shape index (κ1) is 19.1. The third kappa shape index (κ3) is 5.37. The number of ether oxygens (including phenoxy) is 2. The summed E-state index contributed by atoms with van der Waals surface area (Å²) in [6.45, 7) is 3.60. The zero-order chi connectivity index (χ0) is 18.4. The van der Waals surface area contributed by atoms with Gasteiger partial charge in [-0.2, -0.15) is 0 Å². The zero-order valence-electron chi connectivity index (χ0n) is 13.7. The van der Waals surface area contributed by atoms with E-state index in [0.717, 1.165) is 0 Å². The third-order valence-corrected chi connectivity index (χ3v) is 3.76. The monoisotopic (exact) mass is 381 g/mol. The highest BCUT2D eigenvalue weighted by Gasteiger charge is 2.17. The average molecular weight is 382 g/mol. The van der Waals surface area contributed by atoms with Crippen LogP contribution in [0.4, 0.5) is 5.69 Å². The van der Waals surface area contributed by atoms with Crippen molar-refractivity contribution in [3.63, 3.8) is 0 Å². The van der Waals surface area contributed by atoms with E-state index in [4.69, 9.17) is 32.7 Å². The van der Waals surface area contributed by atoms with E-state index >= 15 is 0 Å². The average Bonchev–Trinajstić information content (AvgIpc) is 2.57. The van der Waals surface area contributed by atoms with Gasteiger partial charge in [-0.25, -0.2) is 4.79 Å². The van der Waals surface area contributed by atoms with Crippen molar-refractivity contribution in [3.8, 4) is 5.75 Å². The van der Waals surface area contributed by atoms with Crippen LogP contribution >= 0.6 is 23.2 Å². The Morgan fingerprint density at radius 1 is 1.16 bits per heavy atom. The first-order chi connectivity index (χ1) is 11.9. The number of rotatable bonds is 6. The maximum Gasteiger partial charge on any atom is 0.338 e. The van der Waals surface area contributed by atoms with Crippen LogP contribution in [0.15, 0.2) is 42.5 Å². The smallest absolute Gasteiger partial charge is 0.338 e. The van der Waals surface area contributed by atoms with Crippen LogP contribution in [0.1, 0.15) is 24.2 Å². The van der Waals surface area contributed by atoms with Crippen molar-refractivity contribution in [1.82, 2.24) is 0 Å². The molecule has 0 heterocycles. The summed E-state index contributed by atoms with van der Waals surface area (Å²) in [6, 6.07) is 11.2. The number of carbonyl (C=O) groups excluding carboxylic acids is 2. The molecular formula is C18H17Cl2NO4. The highest BCUT2D eigenvalue weighted by molar-refractivity contribution is 6.36. The molecule has 0 fully saturated rings. The molecule has 0 aliphatic heterocycles. The highest BCUT2D eigenvalue weighted by atomic mass is 35.5. The predicted molar refractivity (Wildman–Crippen MR) is 97.6 cm³/mol. The summed E-state index contributed by atoms with van der Waals surface area (Å²) in [5.74, 6) is -0.445. The van der Waals surface area contributed by atoms with Crippen molar-refractivity contribution in [2.24, 2.45) is 0 Å². The normalized spacial score (nSPS) is 11.5. The molecule has 0 aliphatic rings. The maximum absolute atomic E-state index is 12.3. The molecule has 7 heteroatoms. The Hall–Kier alpha value is -2.24. The lowest BCUT2D eigenvalue weighted by Crippen LogP contribution is -2.30. The molecular weight excluding hydrogens is 365 g/mol. The molecule has 1 amide bonds. The van der Waals surface area contributed by atoms with Crippen LogP contribution in [-0.2, 0) is 9.53 Å². The maximum atomic E-state index is 12.3. The van der Waals surface area contributed by atoms with Gasteiger partial charge in [-0.15, -0.1) is 0 Å². The molecule has 0 saturated heterocycles. The highest BCUT2D eigenvalue weighted by Crippen LogP contribution is 2.25. The number of hydrogen-bond acceptors (Lipinski definition) is 4. The molecule has 132 valence electrons. The number of carbonyl (C=O) groups is 2. The van der Waals surface area contributed by atoms with Gasteiger partial charge in [-0.05, 0) is 50.2 Å². The fraction of sp³-hybridized carbons (Fsp3) is 0.222. The summed E-state index contributed by atoms with van der Waals surface area (Å²) >= 11 is 11.9. The zero-order valence-corrected chi connectivity index (χ0v) is 15.2. The van der Waals surface area contributed by atoms with Crippen LogP contribution in [0.25, 0.3) is 0 Å². The Balaban J connectivity index is 2.03. The fourth-order valence-electron chi connectivity index (χ4n) is 1.99. The molecule has 2 aromatic rings. The molecule has 0 bridgehead atoms. The van der Waals surface area contributed by atoms with Crippen LogP contribution in [0.5, 0.6) is 5.75 Å². The van der Waals surface area contributed by atoms with Crippen LogP contribution in [0.2, 0.25) is 10.0 Å². The summed E-state index contributed by atoms with van der Waals surface area (Å²) < 4.78 is 10.5. The second-order valence-corrected chi connectivity index (χ2v) is 5.97. The first-order valence-electron chi connectivity index (χ1n) is 7.60. The largest absolute Gasteiger partial charge is 0.481 e. The van der Waals surface area contributed by atoms with Gasteiger partial charge >= 0.3 is 5.97 Å². The van der Waals surface area contributed by atoms with Gasteiger partial charge in [0.25, 0.3) is 5.91 Å². The topological polar surface area (TPSA) is 64.6 Å². The Labute approximate surface area is 155 Å². The molecule has 0 saturated carbocycles. The van der Waals surface area contributed by atoms with Crippen molar-refractivity contribution in [2.75, 3.05) is 11.9 Å². The summed E-state index contributed by atoms with van der Waals surface area (Å²) in [6.07, 6.45) is -0.802. The number of nitrogens with one attached hydrogen (secondary N) is 1. The second kappa shape index (κ2) is 8.74. The number of benzene rings is 2. The van der Waals surface area contributed by atoms with E-state index in [-0.39, 0.29) is 12.5 Å². The lowest BCUT2D eigenvalue weighted by Gasteiger charge is -2.16. The van der Waals surface area contributed by atoms with Crippen LogP contribution in [-0.4, -0.2) is 24.6 Å². The number of hydrogen-bond donors (Lipinski definition) is 1. The Morgan fingerprint density at radius 2 is 1.92 bits per heavy atom. The van der Waals surface area contributed by atoms with Crippen LogP contribution in [0, 0.1) is 0 Å². The summed E-state index contributed by atoms with van der Waals surface area (Å²) in [7, 11) is 0. The number of halogens is 2. The van der Waals surface area contributed by atoms with E-state index in [1.54, 1.807) is 44.2 Å². The van der Waals surface area contributed by atoms with Gasteiger partial charge < -0.3 is 14.8 Å². The van der Waals surface area contributed by atoms with Crippen LogP contribution in [0.3, 0.4) is 0 Å². The third-order valence-electron chi connectivity index (χ3n) is 3.22. The van der Waals surface area contributed by atoms with Gasteiger partial charge in [0.15, 0.2) is 6.10 Å². The van der Waals surface area contributed by atoms with Gasteiger partial charge in [0.05, 0.1) is 22.9 Å². The molecule has 0 aliphatic carbocycles. The minimum atomic E-state index is -0.802. The standard InChI is InChI=1S/C18H17Cl2NO4/c1-3-24-18(23)12-5-4-6-14(9-12)25-11(2)17(22)21-16-8-7-13(19)10-15(16)20/h4-11H,3H2,1-2H3,(H,21,22)/t11-/m0/s1. The summed E-state index contributed by atoms with van der Waals surface area (Å²) in [4.78, 5) is 24.0. The SMILES string of the molecule is CCOC(=O)c1cccc(O[C@@H](C)C(=O)Nc2ccc(Cl)cc2Cl)c1. The van der Waals surface area contributed by atoms with Crippen molar-refractivity contribution in [2.45, 2.75) is 20.0 Å². The number of anilines is 1. The van der Waals surface area contributed by atoms with E-state index in [1.165, 1.54) is 12.1 Å². The van der Waals surface area contributed by atoms with Crippen molar-refractivity contribution < 1.29 is 19.1 Å². The molecule has 1 N–H and O–H groups in total. The molecule has 1 atom stereocenters. The molecule has 0 spiro atoms. The lowest BCUT2D eigenvalue weighted by molar-refractivity contribution is -0.122. The molecule has 0 aromatic heterocycles. The van der Waals surface area contributed by atoms with E-state index < -0.39 is 12.1 Å². The number of esters is 1. The number of amides is 1. The lowest BCUT2D eigenvalue weighted by atomic mass is 10.2. The van der Waals surface area contributed by atoms with Gasteiger partial charge in [-0.3, -0.25) is 4.79 Å². The van der Waals surface area contributed by atoms with Gasteiger partial charge in [0.2, 0.25) is 0 Å². The molecule has 5 nitrogen and oxygen atoms in total. The van der Waals surface area contributed by atoms with Gasteiger partial charge in [0.1, 0.15) is 5.75 Å². The van der Waals surface area contributed by atoms with Gasteiger partial charge in [0, 0.05) is 5.02 Å². The minimum Gasteiger partial charge on any atom is -0.481 e. The van der Waals surface area contributed by atoms with Crippen LogP contribution < -0.4 is 10.1 Å². The second-order valence-electron chi connectivity index (χ2n) is 5.12. The molecule has 2 rings (SSSR count). The molecule has 0 unspecified atom stereocenters. The fourth-order valence-corrected chi connectivity index (χ4v) is 2.45. The quantitative estimate of drug-likeness (QED) is 0.743. The van der Waals surface area contributed by atoms with E-state index in [9.17, 15) is 9.59 Å². The van der Waals surface area contributed by atoms with Crippen molar-refractivity contribution in [1.29, 1.82) is 0 Å². The Kier molecular flexibility index (Phi) is 6.67. The minimum absolute atomic E-state index is 0.282. The first-order valence-corrected chi connectivity index (χ1v) is 8.36. The van der Waals surface area contributed by atoms with E-state index in [0.29, 0.717) is 27.0 Å². The van der Waals surface area contributed by atoms with Crippen molar-refractivity contribution >= 4 is 40.8 Å². The Bertz CT molecular complexity index is 779. The predicted octanol–water partition coefficient (Wildman–Crippen LogP) is 4.58. The summed E-state index contributed by atoms with van der Waals surface area (Å²) in [5.41, 5.74) is 0.791. The summed E-state index contributed by atoms with van der Waals surface area (Å²) in [5, 5.41) is 3.47. The Morgan fingerprint density at radius 3 is 2.60 bits per heavy atom. The molecule has 2 aromatic carbocycles. The van der Waals surface area contributed by atoms with E-state index in [2.05, 4.69) is 5.32 Å². The molecule has 0 radical (unpaired) electrons. The van der Waals surface area contributed by atoms with Gasteiger partial charge in [-0.1, -0.05) is 29.3 Å².